The Kier molecular flexibility index (Phi) is 15.0. The van der Waals surface area contributed by atoms with Crippen molar-refractivity contribution in [3.63, 3.8) is 0 Å². The summed E-state index contributed by atoms with van der Waals surface area (Å²) in [6, 6.07) is 18.4. The summed E-state index contributed by atoms with van der Waals surface area (Å²) in [5.41, 5.74) is 1.96. The Balaban J connectivity index is 1.87. The standard InChI is InChI=1S/C37H49ClN6O6S/c1-8-39-37(48)33(23(2)3)43-34(45)25(5)40-22-31(17-26-13-10-9-11-14-26)42-36(47)29-18-28(20-32(21-29)44(6)51(7,49)50)35(46)41-24(4)27-15-12-16-30(38)19-27/h9-16,18-21,23-25,31,33,40H,8,17,22H2,1-7H3,(H,39,48)(H,41,46)(H,42,47)(H,43,45)/t24-,25+,31+,33+/m1/s1. The van der Waals surface area contributed by atoms with Crippen LogP contribution in [0.1, 0.15) is 72.5 Å². The lowest BCUT2D eigenvalue weighted by Crippen LogP contribution is -2.55. The number of halogens is 1. The van der Waals surface area contributed by atoms with E-state index >= 15 is 0 Å². The van der Waals surface area contributed by atoms with E-state index < -0.39 is 46.0 Å². The molecule has 0 aliphatic carbocycles. The van der Waals surface area contributed by atoms with Crippen molar-refractivity contribution < 1.29 is 27.6 Å². The molecule has 0 bridgehead atoms. The summed E-state index contributed by atoms with van der Waals surface area (Å²) in [7, 11) is -2.40. The summed E-state index contributed by atoms with van der Waals surface area (Å²) in [5.74, 6) is -1.84. The van der Waals surface area contributed by atoms with Crippen LogP contribution in [0.5, 0.6) is 0 Å². The van der Waals surface area contributed by atoms with Crippen LogP contribution < -0.4 is 30.9 Å². The van der Waals surface area contributed by atoms with Gasteiger partial charge in [0.15, 0.2) is 0 Å². The molecule has 0 saturated carbocycles. The first-order valence-corrected chi connectivity index (χ1v) is 19.0. The van der Waals surface area contributed by atoms with Crippen molar-refractivity contribution in [2.45, 2.75) is 65.2 Å². The summed E-state index contributed by atoms with van der Waals surface area (Å²) < 4.78 is 26.0. The smallest absolute Gasteiger partial charge is 0.251 e. The fourth-order valence-electron chi connectivity index (χ4n) is 5.24. The maximum absolute atomic E-state index is 13.9. The highest BCUT2D eigenvalue weighted by Gasteiger charge is 2.27. The average molecular weight is 741 g/mol. The second kappa shape index (κ2) is 18.7. The number of benzene rings is 3. The van der Waals surface area contributed by atoms with E-state index in [4.69, 9.17) is 11.6 Å². The fraction of sp³-hybridized carbons (Fsp3) is 0.405. The van der Waals surface area contributed by atoms with Crippen LogP contribution in [0.2, 0.25) is 5.02 Å². The Morgan fingerprint density at radius 3 is 2.00 bits per heavy atom. The zero-order chi connectivity index (χ0) is 37.9. The zero-order valence-electron chi connectivity index (χ0n) is 30.1. The molecule has 0 heterocycles. The average Bonchev–Trinajstić information content (AvgIpc) is 3.08. The van der Waals surface area contributed by atoms with Gasteiger partial charge in [-0.3, -0.25) is 23.5 Å². The van der Waals surface area contributed by atoms with E-state index in [1.807, 2.05) is 50.2 Å². The van der Waals surface area contributed by atoms with Crippen molar-refractivity contribution in [3.8, 4) is 0 Å². The van der Waals surface area contributed by atoms with Crippen LogP contribution in [0.25, 0.3) is 0 Å². The van der Waals surface area contributed by atoms with Crippen LogP contribution in [-0.4, -0.2) is 76.6 Å². The Hall–Kier alpha value is -4.46. The number of nitrogens with zero attached hydrogens (tertiary/aromatic N) is 1. The Bertz CT molecular complexity index is 1790. The van der Waals surface area contributed by atoms with Gasteiger partial charge in [0.1, 0.15) is 6.04 Å². The van der Waals surface area contributed by atoms with Crippen LogP contribution in [0.15, 0.2) is 72.8 Å². The van der Waals surface area contributed by atoms with Gasteiger partial charge in [0.05, 0.1) is 24.0 Å². The van der Waals surface area contributed by atoms with Crippen molar-refractivity contribution in [3.05, 3.63) is 100 Å². The first-order valence-electron chi connectivity index (χ1n) is 16.8. The van der Waals surface area contributed by atoms with Crippen LogP contribution >= 0.6 is 11.6 Å². The quantitative estimate of drug-likeness (QED) is 0.140. The first-order chi connectivity index (χ1) is 24.0. The fourth-order valence-corrected chi connectivity index (χ4v) is 5.92. The molecular formula is C37H49ClN6O6S. The number of amides is 4. The van der Waals surface area contributed by atoms with E-state index in [0.717, 1.165) is 21.7 Å². The molecule has 3 rings (SSSR count). The van der Waals surface area contributed by atoms with E-state index in [1.165, 1.54) is 25.2 Å². The topological polar surface area (TPSA) is 166 Å². The van der Waals surface area contributed by atoms with Crippen LogP contribution in [-0.2, 0) is 26.0 Å². The summed E-state index contributed by atoms with van der Waals surface area (Å²) >= 11 is 6.14. The first kappa shape index (κ1) is 41.0. The van der Waals surface area contributed by atoms with Crippen molar-refractivity contribution in [1.82, 2.24) is 26.6 Å². The van der Waals surface area contributed by atoms with Gasteiger partial charge >= 0.3 is 0 Å². The Morgan fingerprint density at radius 1 is 0.804 bits per heavy atom. The number of carbonyl (C=O) groups is 4. The van der Waals surface area contributed by atoms with Gasteiger partial charge in [-0.25, -0.2) is 8.42 Å². The summed E-state index contributed by atoms with van der Waals surface area (Å²) in [5, 5.41) is 15.1. The minimum absolute atomic E-state index is 0.0640. The van der Waals surface area contributed by atoms with E-state index in [9.17, 15) is 27.6 Å². The predicted octanol–water partition coefficient (Wildman–Crippen LogP) is 3.82. The van der Waals surface area contributed by atoms with E-state index in [2.05, 4.69) is 26.6 Å². The van der Waals surface area contributed by atoms with Crippen molar-refractivity contribution in [2.75, 3.05) is 30.7 Å². The molecular weight excluding hydrogens is 692 g/mol. The molecule has 0 saturated heterocycles. The number of carbonyl (C=O) groups excluding carboxylic acids is 4. The molecule has 276 valence electrons. The molecule has 3 aromatic rings. The predicted molar refractivity (Wildman–Crippen MR) is 201 cm³/mol. The number of rotatable bonds is 17. The number of hydrogen-bond donors (Lipinski definition) is 5. The number of sulfonamides is 1. The molecule has 0 unspecified atom stereocenters. The molecule has 0 fully saturated rings. The van der Waals surface area contributed by atoms with Crippen LogP contribution in [0.3, 0.4) is 0 Å². The molecule has 3 aromatic carbocycles. The molecule has 5 N–H and O–H groups in total. The maximum atomic E-state index is 13.9. The van der Waals surface area contributed by atoms with Gasteiger partial charge in [0, 0.05) is 42.3 Å². The van der Waals surface area contributed by atoms with E-state index in [1.54, 1.807) is 39.0 Å². The third kappa shape index (κ3) is 12.4. The third-order valence-corrected chi connectivity index (χ3v) is 9.76. The van der Waals surface area contributed by atoms with Gasteiger partial charge in [0.25, 0.3) is 11.8 Å². The normalized spacial score (nSPS) is 13.7. The lowest BCUT2D eigenvalue weighted by atomic mass is 10.0. The number of likely N-dealkylation sites (N-methyl/N-ethyl adjacent to an activating group) is 1. The second-order valence-corrected chi connectivity index (χ2v) is 15.3. The van der Waals surface area contributed by atoms with Crippen LogP contribution in [0, 0.1) is 5.92 Å². The minimum atomic E-state index is -3.74. The highest BCUT2D eigenvalue weighted by atomic mass is 35.5. The largest absolute Gasteiger partial charge is 0.355 e. The number of anilines is 1. The van der Waals surface area contributed by atoms with Gasteiger partial charge in [-0.15, -0.1) is 0 Å². The minimum Gasteiger partial charge on any atom is -0.355 e. The Morgan fingerprint density at radius 2 is 1.43 bits per heavy atom. The third-order valence-electron chi connectivity index (χ3n) is 8.32. The summed E-state index contributed by atoms with van der Waals surface area (Å²) in [6.45, 7) is 9.58. The van der Waals surface area contributed by atoms with Gasteiger partial charge in [-0.2, -0.15) is 0 Å². The van der Waals surface area contributed by atoms with Crippen molar-refractivity contribution in [2.24, 2.45) is 5.92 Å². The van der Waals surface area contributed by atoms with Crippen LogP contribution in [0.4, 0.5) is 5.69 Å². The Labute approximate surface area is 306 Å². The highest BCUT2D eigenvalue weighted by molar-refractivity contribution is 7.92. The lowest BCUT2D eigenvalue weighted by Gasteiger charge is -2.25. The van der Waals surface area contributed by atoms with Gasteiger partial charge in [0.2, 0.25) is 21.8 Å². The van der Waals surface area contributed by atoms with E-state index in [0.29, 0.717) is 18.0 Å². The summed E-state index contributed by atoms with van der Waals surface area (Å²) in [6.07, 6.45) is 1.42. The summed E-state index contributed by atoms with van der Waals surface area (Å²) in [4.78, 5) is 53.0. The molecule has 0 radical (unpaired) electrons. The zero-order valence-corrected chi connectivity index (χ0v) is 31.7. The molecule has 0 spiro atoms. The number of nitrogens with one attached hydrogen (secondary N) is 5. The highest BCUT2D eigenvalue weighted by Crippen LogP contribution is 2.23. The van der Waals surface area contributed by atoms with Crippen molar-refractivity contribution >= 4 is 50.9 Å². The van der Waals surface area contributed by atoms with Crippen molar-refractivity contribution in [1.29, 1.82) is 0 Å². The molecule has 4 atom stereocenters. The maximum Gasteiger partial charge on any atom is 0.251 e. The molecule has 12 nitrogen and oxygen atoms in total. The molecule has 51 heavy (non-hydrogen) atoms. The lowest BCUT2D eigenvalue weighted by molar-refractivity contribution is -0.130. The molecule has 0 aliphatic rings. The monoisotopic (exact) mass is 740 g/mol. The van der Waals surface area contributed by atoms with Gasteiger partial charge in [-0.1, -0.05) is 67.9 Å². The van der Waals surface area contributed by atoms with Gasteiger partial charge in [-0.05, 0) is 74.6 Å². The molecule has 0 aromatic heterocycles. The molecule has 4 amide bonds. The van der Waals surface area contributed by atoms with Gasteiger partial charge < -0.3 is 26.6 Å². The molecule has 14 heteroatoms. The van der Waals surface area contributed by atoms with E-state index in [-0.39, 0.29) is 41.1 Å². The second-order valence-electron chi connectivity index (χ2n) is 12.9. The molecule has 0 aliphatic heterocycles. The number of hydrogen-bond acceptors (Lipinski definition) is 7. The SMILES string of the molecule is CCNC(=O)[C@@H](NC(=O)[C@H](C)NC[C@H](Cc1ccccc1)NC(=O)c1cc(C(=O)N[C@H](C)c2cccc(Cl)c2)cc(N(C)S(C)(=O)=O)c1)C(C)C.